The number of rotatable bonds is 8. The van der Waals surface area contributed by atoms with Crippen molar-refractivity contribution in [3.63, 3.8) is 0 Å². The molecule has 0 atom stereocenters. The maximum atomic E-state index is 12.5. The van der Waals surface area contributed by atoms with Gasteiger partial charge in [-0.1, -0.05) is 6.08 Å². The summed E-state index contributed by atoms with van der Waals surface area (Å²) in [6.45, 7) is -3.02. The summed E-state index contributed by atoms with van der Waals surface area (Å²) >= 11 is 0. The van der Waals surface area contributed by atoms with E-state index in [1.807, 2.05) is 0 Å². The van der Waals surface area contributed by atoms with Crippen molar-refractivity contribution >= 4 is 11.9 Å². The van der Waals surface area contributed by atoms with Crippen molar-refractivity contribution < 1.29 is 32.5 Å². The number of allylic oxidation sites excluding steroid dienone is 1. The van der Waals surface area contributed by atoms with Gasteiger partial charge in [0.2, 0.25) is 5.75 Å². The Hall–Kier alpha value is -3.09. The molecule has 0 bridgehead atoms. The number of carbonyl (C=O) groups is 1. The Labute approximate surface area is 149 Å². The van der Waals surface area contributed by atoms with Crippen LogP contribution >= 0.6 is 0 Å². The second-order valence-corrected chi connectivity index (χ2v) is 5.06. The Kier molecular flexibility index (Phi) is 6.54. The highest BCUT2D eigenvalue weighted by molar-refractivity contribution is 6.06. The number of benzene rings is 2. The largest absolute Gasteiger partial charge is 0.497 e. The van der Waals surface area contributed by atoms with Crippen LogP contribution in [0.2, 0.25) is 0 Å². The fourth-order valence-electron chi connectivity index (χ4n) is 2.23. The van der Waals surface area contributed by atoms with Crippen LogP contribution in [0.3, 0.4) is 0 Å². The molecule has 0 unspecified atom stereocenters. The average molecular weight is 364 g/mol. The highest BCUT2D eigenvalue weighted by Crippen LogP contribution is 2.39. The fraction of sp³-hybridized carbons (Fsp3) is 0.211. The Morgan fingerprint density at radius 1 is 0.962 bits per heavy atom. The van der Waals surface area contributed by atoms with Gasteiger partial charge in [-0.25, -0.2) is 0 Å². The smallest absolute Gasteiger partial charge is 0.387 e. The van der Waals surface area contributed by atoms with E-state index in [0.717, 1.165) is 0 Å². The lowest BCUT2D eigenvalue weighted by molar-refractivity contribution is -0.0526. The van der Waals surface area contributed by atoms with Gasteiger partial charge in [0.05, 0.1) is 21.3 Å². The predicted molar refractivity (Wildman–Crippen MR) is 92.5 cm³/mol. The Morgan fingerprint density at radius 2 is 1.54 bits per heavy atom. The molecule has 7 heteroatoms. The van der Waals surface area contributed by atoms with Crippen LogP contribution in [0.4, 0.5) is 8.78 Å². The number of methoxy groups -OCH3 is 3. The lowest BCUT2D eigenvalue weighted by Crippen LogP contribution is -2.05. The monoisotopic (exact) mass is 364 g/mol. The summed E-state index contributed by atoms with van der Waals surface area (Å²) < 4.78 is 44.7. The normalized spacial score (nSPS) is 10.8. The molecular formula is C19H18F2O5. The average Bonchev–Trinajstić information content (AvgIpc) is 2.66. The van der Waals surface area contributed by atoms with Gasteiger partial charge in [-0.15, -0.1) is 0 Å². The minimum absolute atomic E-state index is 0.0706. The third-order valence-corrected chi connectivity index (χ3v) is 3.49. The summed E-state index contributed by atoms with van der Waals surface area (Å²) in [5, 5.41) is 0. The molecule has 26 heavy (non-hydrogen) atoms. The molecule has 0 radical (unpaired) electrons. The lowest BCUT2D eigenvalue weighted by atomic mass is 10.1. The third-order valence-electron chi connectivity index (χ3n) is 3.49. The second-order valence-electron chi connectivity index (χ2n) is 5.06. The summed E-state index contributed by atoms with van der Waals surface area (Å²) in [6.07, 6.45) is 2.90. The standard InChI is InChI=1S/C19H18F2O5/c1-23-14-7-5-13(6-8-14)15(22)9-4-12-10-16(24-2)18(26-19(20)21)17(11-12)25-3/h4-11,19H,1-3H3/b9-4+. The zero-order valence-corrected chi connectivity index (χ0v) is 14.5. The van der Waals surface area contributed by atoms with Crippen molar-refractivity contribution in [2.24, 2.45) is 0 Å². The maximum absolute atomic E-state index is 12.5. The minimum atomic E-state index is -3.02. The second kappa shape index (κ2) is 8.84. The van der Waals surface area contributed by atoms with Gasteiger partial charge in [-0.3, -0.25) is 4.79 Å². The molecule has 0 spiro atoms. The molecule has 0 fully saturated rings. The number of ether oxygens (including phenoxy) is 4. The number of alkyl halides is 2. The number of hydrogen-bond acceptors (Lipinski definition) is 5. The van der Waals surface area contributed by atoms with Crippen LogP contribution in [-0.2, 0) is 0 Å². The number of hydrogen-bond donors (Lipinski definition) is 0. The van der Waals surface area contributed by atoms with E-state index in [4.69, 9.17) is 14.2 Å². The molecule has 0 amide bonds. The zero-order valence-electron chi connectivity index (χ0n) is 14.5. The molecule has 0 aliphatic rings. The molecule has 5 nitrogen and oxygen atoms in total. The van der Waals surface area contributed by atoms with Gasteiger partial charge in [0.25, 0.3) is 0 Å². The van der Waals surface area contributed by atoms with E-state index in [9.17, 15) is 13.6 Å². The quantitative estimate of drug-likeness (QED) is 0.519. The van der Waals surface area contributed by atoms with E-state index in [1.54, 1.807) is 31.4 Å². The summed E-state index contributed by atoms with van der Waals surface area (Å²) in [4.78, 5) is 12.2. The van der Waals surface area contributed by atoms with Gasteiger partial charge in [-0.05, 0) is 48.0 Å². The molecule has 2 aromatic rings. The molecular weight excluding hydrogens is 346 g/mol. The lowest BCUT2D eigenvalue weighted by Gasteiger charge is -2.14. The van der Waals surface area contributed by atoms with Gasteiger partial charge in [0.15, 0.2) is 17.3 Å². The fourth-order valence-corrected chi connectivity index (χ4v) is 2.23. The van der Waals surface area contributed by atoms with Gasteiger partial charge in [0, 0.05) is 5.56 Å². The molecule has 0 saturated heterocycles. The Balaban J connectivity index is 2.27. The van der Waals surface area contributed by atoms with E-state index in [-0.39, 0.29) is 23.0 Å². The zero-order chi connectivity index (χ0) is 19.1. The highest BCUT2D eigenvalue weighted by atomic mass is 19.3. The molecule has 0 heterocycles. The molecule has 0 aliphatic heterocycles. The van der Waals surface area contributed by atoms with Crippen molar-refractivity contribution in [1.29, 1.82) is 0 Å². The van der Waals surface area contributed by atoms with E-state index in [0.29, 0.717) is 16.9 Å². The minimum Gasteiger partial charge on any atom is -0.497 e. The molecule has 0 aromatic heterocycles. The predicted octanol–water partition coefficient (Wildman–Crippen LogP) is 4.21. The van der Waals surface area contributed by atoms with Crippen molar-refractivity contribution in [2.45, 2.75) is 6.61 Å². The van der Waals surface area contributed by atoms with Gasteiger partial charge < -0.3 is 18.9 Å². The van der Waals surface area contributed by atoms with Crippen LogP contribution in [0.15, 0.2) is 42.5 Å². The highest BCUT2D eigenvalue weighted by Gasteiger charge is 2.17. The van der Waals surface area contributed by atoms with Crippen molar-refractivity contribution in [1.82, 2.24) is 0 Å². The van der Waals surface area contributed by atoms with E-state index < -0.39 is 6.61 Å². The molecule has 138 valence electrons. The van der Waals surface area contributed by atoms with Crippen LogP contribution in [0.5, 0.6) is 23.0 Å². The summed E-state index contributed by atoms with van der Waals surface area (Å²) in [5.74, 6) is 0.360. The van der Waals surface area contributed by atoms with Crippen LogP contribution < -0.4 is 18.9 Å². The number of carbonyl (C=O) groups excluding carboxylic acids is 1. The van der Waals surface area contributed by atoms with Crippen molar-refractivity contribution in [2.75, 3.05) is 21.3 Å². The number of ketones is 1. The van der Waals surface area contributed by atoms with Crippen LogP contribution in [0.1, 0.15) is 15.9 Å². The first-order valence-electron chi connectivity index (χ1n) is 7.55. The first-order chi connectivity index (χ1) is 12.5. The first kappa shape index (κ1) is 19.2. The SMILES string of the molecule is COc1ccc(C(=O)/C=C/c2cc(OC)c(OC(F)F)c(OC)c2)cc1. The molecule has 0 saturated carbocycles. The van der Waals surface area contributed by atoms with E-state index in [1.165, 1.54) is 38.5 Å². The van der Waals surface area contributed by atoms with Crippen molar-refractivity contribution in [3.8, 4) is 23.0 Å². The molecule has 0 N–H and O–H groups in total. The Bertz CT molecular complexity index is 760. The molecule has 0 aliphatic carbocycles. The summed E-state index contributed by atoms with van der Waals surface area (Å²) in [5.41, 5.74) is 1.01. The van der Waals surface area contributed by atoms with Gasteiger partial charge in [0.1, 0.15) is 5.75 Å². The number of halogens is 2. The van der Waals surface area contributed by atoms with Crippen LogP contribution in [-0.4, -0.2) is 33.7 Å². The van der Waals surface area contributed by atoms with E-state index >= 15 is 0 Å². The third kappa shape index (κ3) is 4.72. The molecule has 2 aromatic carbocycles. The first-order valence-corrected chi connectivity index (χ1v) is 7.55. The maximum Gasteiger partial charge on any atom is 0.387 e. The van der Waals surface area contributed by atoms with Crippen molar-refractivity contribution in [3.05, 3.63) is 53.6 Å². The van der Waals surface area contributed by atoms with Gasteiger partial charge >= 0.3 is 6.61 Å². The van der Waals surface area contributed by atoms with Crippen LogP contribution in [0.25, 0.3) is 6.08 Å². The summed E-state index contributed by atoms with van der Waals surface area (Å²) in [7, 11) is 4.19. The van der Waals surface area contributed by atoms with E-state index in [2.05, 4.69) is 4.74 Å². The molecule has 2 rings (SSSR count). The topological polar surface area (TPSA) is 54.0 Å². The Morgan fingerprint density at radius 3 is 2.00 bits per heavy atom. The van der Waals surface area contributed by atoms with Gasteiger partial charge in [-0.2, -0.15) is 8.78 Å². The van der Waals surface area contributed by atoms with Crippen LogP contribution in [0, 0.1) is 0 Å². The summed E-state index contributed by atoms with van der Waals surface area (Å²) in [6, 6.07) is 9.60.